The second-order valence-corrected chi connectivity index (χ2v) is 12.1. The molecular formula is C25H28FN2O2P. The van der Waals surface area contributed by atoms with Gasteiger partial charge in [0, 0.05) is 29.0 Å². The fourth-order valence-corrected chi connectivity index (χ4v) is 5.42. The number of hydrogen-bond acceptors (Lipinski definition) is 3. The third-order valence-electron chi connectivity index (χ3n) is 6.27. The number of rotatable bonds is 5. The standard InChI is InChI=1S/C25H28FN2O2P/c1-31(2,30)21-10-8-20(9-11-21)28-25(29)15-17-3-5-18(6-4-17)22-13-14-27-24-12-7-19(26)16-23(22)24/h7-14,16-18H,3-6,15H2,1-2H3,(H,28,29). The normalized spacial score (nSPS) is 19.3. The number of halogens is 1. The first-order valence-electron chi connectivity index (χ1n) is 10.8. The maximum atomic E-state index is 13.8. The maximum absolute atomic E-state index is 13.8. The molecule has 1 heterocycles. The number of hydrogen-bond donors (Lipinski definition) is 1. The van der Waals surface area contributed by atoms with E-state index in [1.807, 2.05) is 30.3 Å². The molecule has 1 aromatic heterocycles. The van der Waals surface area contributed by atoms with Crippen molar-refractivity contribution in [2.24, 2.45) is 5.92 Å². The van der Waals surface area contributed by atoms with E-state index in [4.69, 9.17) is 0 Å². The van der Waals surface area contributed by atoms with Crippen molar-refractivity contribution in [3.63, 3.8) is 0 Å². The minimum Gasteiger partial charge on any atom is -0.326 e. The summed E-state index contributed by atoms with van der Waals surface area (Å²) in [5.74, 6) is 0.509. The SMILES string of the molecule is CP(C)(=O)c1ccc(NC(=O)CC2CCC(c3ccnc4ccc(F)cc34)CC2)cc1. The molecule has 1 N–H and O–H groups in total. The molecular weight excluding hydrogens is 410 g/mol. The molecule has 31 heavy (non-hydrogen) atoms. The van der Waals surface area contributed by atoms with E-state index in [2.05, 4.69) is 10.3 Å². The van der Waals surface area contributed by atoms with Crippen LogP contribution in [0.5, 0.6) is 0 Å². The minimum atomic E-state index is -2.29. The van der Waals surface area contributed by atoms with Crippen LogP contribution in [0, 0.1) is 11.7 Å². The largest absolute Gasteiger partial charge is 0.326 e. The molecule has 0 aliphatic heterocycles. The molecule has 1 amide bonds. The summed E-state index contributed by atoms with van der Waals surface area (Å²) < 4.78 is 25.9. The molecule has 3 aromatic rings. The molecule has 1 fully saturated rings. The van der Waals surface area contributed by atoms with E-state index in [0.29, 0.717) is 18.3 Å². The van der Waals surface area contributed by atoms with Gasteiger partial charge in [-0.1, -0.05) is 0 Å². The summed E-state index contributed by atoms with van der Waals surface area (Å²) in [6, 6.07) is 14.1. The molecule has 4 nitrogen and oxygen atoms in total. The topological polar surface area (TPSA) is 59.1 Å². The molecule has 4 rings (SSSR count). The average Bonchev–Trinajstić information content (AvgIpc) is 2.73. The van der Waals surface area contributed by atoms with Gasteiger partial charge in [-0.3, -0.25) is 9.78 Å². The summed E-state index contributed by atoms with van der Waals surface area (Å²) in [4.78, 5) is 16.9. The van der Waals surface area contributed by atoms with Crippen molar-refractivity contribution >= 4 is 34.9 Å². The van der Waals surface area contributed by atoms with Gasteiger partial charge in [-0.2, -0.15) is 0 Å². The molecule has 162 valence electrons. The Morgan fingerprint density at radius 2 is 1.77 bits per heavy atom. The van der Waals surface area contributed by atoms with Crippen molar-refractivity contribution in [2.45, 2.75) is 38.0 Å². The molecule has 0 unspecified atom stereocenters. The highest BCUT2D eigenvalue weighted by atomic mass is 31.2. The van der Waals surface area contributed by atoms with Gasteiger partial charge >= 0.3 is 0 Å². The number of carbonyl (C=O) groups excluding carboxylic acids is 1. The predicted molar refractivity (Wildman–Crippen MR) is 125 cm³/mol. The summed E-state index contributed by atoms with van der Waals surface area (Å²) in [5, 5.41) is 4.67. The Hall–Kier alpha value is -2.52. The summed E-state index contributed by atoms with van der Waals surface area (Å²) in [7, 11) is -2.29. The van der Waals surface area contributed by atoms with Crippen LogP contribution in [-0.4, -0.2) is 24.2 Å². The van der Waals surface area contributed by atoms with Crippen LogP contribution in [-0.2, 0) is 9.36 Å². The maximum Gasteiger partial charge on any atom is 0.224 e. The molecule has 2 aromatic carbocycles. The number of aromatic nitrogens is 1. The Balaban J connectivity index is 1.34. The zero-order chi connectivity index (χ0) is 22.0. The van der Waals surface area contributed by atoms with Gasteiger partial charge in [-0.05, 0) is 105 Å². The number of nitrogens with zero attached hydrogens (tertiary/aromatic N) is 1. The smallest absolute Gasteiger partial charge is 0.224 e. The van der Waals surface area contributed by atoms with E-state index in [1.165, 1.54) is 6.07 Å². The first kappa shape index (κ1) is 21.7. The highest BCUT2D eigenvalue weighted by Crippen LogP contribution is 2.39. The van der Waals surface area contributed by atoms with Crippen molar-refractivity contribution in [3.8, 4) is 0 Å². The van der Waals surface area contributed by atoms with Gasteiger partial charge in [-0.25, -0.2) is 4.39 Å². The van der Waals surface area contributed by atoms with Crippen LogP contribution >= 0.6 is 7.14 Å². The third-order valence-corrected chi connectivity index (χ3v) is 7.81. The molecule has 1 saturated carbocycles. The number of amides is 1. The van der Waals surface area contributed by atoms with Crippen LogP contribution in [0.3, 0.4) is 0 Å². The number of carbonyl (C=O) groups is 1. The van der Waals surface area contributed by atoms with Gasteiger partial charge < -0.3 is 9.88 Å². The molecule has 1 aliphatic carbocycles. The van der Waals surface area contributed by atoms with E-state index in [0.717, 1.165) is 53.1 Å². The molecule has 6 heteroatoms. The Labute approximate surface area is 182 Å². The molecule has 0 atom stereocenters. The van der Waals surface area contributed by atoms with Crippen LogP contribution in [0.25, 0.3) is 10.9 Å². The summed E-state index contributed by atoms with van der Waals surface area (Å²) in [6.45, 7) is 3.48. The second kappa shape index (κ2) is 8.92. The monoisotopic (exact) mass is 438 g/mol. The quantitative estimate of drug-likeness (QED) is 0.503. The minimum absolute atomic E-state index is 0.0174. The average molecular weight is 438 g/mol. The van der Waals surface area contributed by atoms with E-state index in [9.17, 15) is 13.8 Å². The lowest BCUT2D eigenvalue weighted by molar-refractivity contribution is -0.117. The van der Waals surface area contributed by atoms with Gasteiger partial charge in [0.1, 0.15) is 13.0 Å². The number of fused-ring (bicyclic) bond motifs is 1. The van der Waals surface area contributed by atoms with Gasteiger partial charge in [-0.15, -0.1) is 0 Å². The number of nitrogens with one attached hydrogen (secondary N) is 1. The Kier molecular flexibility index (Phi) is 6.24. The molecule has 0 bridgehead atoms. The van der Waals surface area contributed by atoms with Crippen LogP contribution in [0.2, 0.25) is 0 Å². The third kappa shape index (κ3) is 5.22. The van der Waals surface area contributed by atoms with E-state index >= 15 is 0 Å². The lowest BCUT2D eigenvalue weighted by atomic mass is 9.77. The van der Waals surface area contributed by atoms with Gasteiger partial charge in [0.2, 0.25) is 5.91 Å². The van der Waals surface area contributed by atoms with Crippen LogP contribution in [0.15, 0.2) is 54.7 Å². The predicted octanol–water partition coefficient (Wildman–Crippen LogP) is 5.92. The highest BCUT2D eigenvalue weighted by molar-refractivity contribution is 7.70. The first-order valence-corrected chi connectivity index (χ1v) is 13.4. The zero-order valence-corrected chi connectivity index (χ0v) is 18.9. The lowest BCUT2D eigenvalue weighted by Gasteiger charge is -2.29. The number of anilines is 1. The van der Waals surface area contributed by atoms with E-state index in [1.54, 1.807) is 31.7 Å². The number of pyridine rings is 1. The Morgan fingerprint density at radius 1 is 1.06 bits per heavy atom. The molecule has 1 aliphatic rings. The molecule has 0 radical (unpaired) electrons. The Morgan fingerprint density at radius 3 is 2.45 bits per heavy atom. The van der Waals surface area contributed by atoms with Gasteiger partial charge in [0.05, 0.1) is 5.52 Å². The van der Waals surface area contributed by atoms with Crippen molar-refractivity contribution in [1.82, 2.24) is 4.98 Å². The fourth-order valence-electron chi connectivity index (χ4n) is 4.55. The van der Waals surface area contributed by atoms with E-state index in [-0.39, 0.29) is 11.7 Å². The number of benzene rings is 2. The first-order chi connectivity index (χ1) is 14.8. The summed E-state index contributed by atoms with van der Waals surface area (Å²) in [5.41, 5.74) is 2.73. The van der Waals surface area contributed by atoms with Gasteiger partial charge in [0.15, 0.2) is 0 Å². The van der Waals surface area contributed by atoms with Gasteiger partial charge in [0.25, 0.3) is 0 Å². The van der Waals surface area contributed by atoms with Crippen molar-refractivity contribution < 1.29 is 13.8 Å². The van der Waals surface area contributed by atoms with Crippen molar-refractivity contribution in [1.29, 1.82) is 0 Å². The molecule has 0 saturated heterocycles. The molecule has 0 spiro atoms. The van der Waals surface area contributed by atoms with Crippen LogP contribution < -0.4 is 10.6 Å². The Bertz CT molecular complexity index is 1130. The van der Waals surface area contributed by atoms with Crippen molar-refractivity contribution in [3.05, 3.63) is 66.1 Å². The fraction of sp³-hybridized carbons (Fsp3) is 0.360. The lowest BCUT2D eigenvalue weighted by Crippen LogP contribution is -2.21. The van der Waals surface area contributed by atoms with E-state index < -0.39 is 7.14 Å². The highest BCUT2D eigenvalue weighted by Gasteiger charge is 2.25. The zero-order valence-electron chi connectivity index (χ0n) is 18.0. The van der Waals surface area contributed by atoms with Crippen LogP contribution in [0.1, 0.15) is 43.6 Å². The van der Waals surface area contributed by atoms with Crippen molar-refractivity contribution in [2.75, 3.05) is 18.6 Å². The summed E-state index contributed by atoms with van der Waals surface area (Å²) >= 11 is 0. The summed E-state index contributed by atoms with van der Waals surface area (Å²) in [6.07, 6.45) is 6.24. The van der Waals surface area contributed by atoms with Crippen LogP contribution in [0.4, 0.5) is 10.1 Å². The second-order valence-electron chi connectivity index (χ2n) is 8.93.